The summed E-state index contributed by atoms with van der Waals surface area (Å²) in [5, 5.41) is 0. The van der Waals surface area contributed by atoms with Gasteiger partial charge in [0.2, 0.25) is 5.91 Å². The van der Waals surface area contributed by atoms with Gasteiger partial charge in [0.1, 0.15) is 12.4 Å². The number of hydrogen-bond acceptors (Lipinski definition) is 5. The summed E-state index contributed by atoms with van der Waals surface area (Å²) in [6.45, 7) is 9.12. The number of carbonyl (C=O) groups excluding carboxylic acids is 2. The Morgan fingerprint density at radius 2 is 1.78 bits per heavy atom. The molecule has 0 spiro atoms. The number of benzene rings is 2. The molecule has 6 nitrogen and oxygen atoms in total. The third-order valence-corrected chi connectivity index (χ3v) is 8.19. The third kappa shape index (κ3) is 7.45. The maximum absolute atomic E-state index is 13.8. The summed E-state index contributed by atoms with van der Waals surface area (Å²) in [7, 11) is -2.04. The number of imide groups is 1. The van der Waals surface area contributed by atoms with Crippen LogP contribution in [0.2, 0.25) is 19.6 Å². The Balaban J connectivity index is 1.52. The van der Waals surface area contributed by atoms with Crippen molar-refractivity contribution in [2.45, 2.75) is 77.2 Å². The van der Waals surface area contributed by atoms with E-state index in [1.165, 1.54) is 37.0 Å². The van der Waals surface area contributed by atoms with E-state index in [9.17, 15) is 9.59 Å². The fourth-order valence-corrected chi connectivity index (χ4v) is 6.41. The van der Waals surface area contributed by atoms with Crippen LogP contribution in [-0.2, 0) is 20.4 Å². The Morgan fingerprint density at radius 1 is 1.05 bits per heavy atom. The predicted molar refractivity (Wildman–Crippen MR) is 147 cm³/mol. The number of cyclic esters (lactones) is 1. The zero-order chi connectivity index (χ0) is 26.4. The zero-order valence-electron chi connectivity index (χ0n) is 22.7. The highest BCUT2D eigenvalue weighted by Gasteiger charge is 2.43. The summed E-state index contributed by atoms with van der Waals surface area (Å²) in [6.07, 6.45) is 5.84. The fourth-order valence-electron chi connectivity index (χ4n) is 5.30. The molecule has 1 heterocycles. The molecule has 2 aliphatic rings. The molecule has 7 heteroatoms. The lowest BCUT2D eigenvalue weighted by molar-refractivity contribution is -0.136. The second-order valence-corrected chi connectivity index (χ2v) is 15.9. The average molecular weight is 524 g/mol. The summed E-state index contributed by atoms with van der Waals surface area (Å²) in [4.78, 5) is 27.8. The van der Waals surface area contributed by atoms with Crippen LogP contribution in [0.5, 0.6) is 5.75 Å². The Morgan fingerprint density at radius 3 is 2.49 bits per heavy atom. The van der Waals surface area contributed by atoms with E-state index in [4.69, 9.17) is 13.9 Å². The molecule has 200 valence electrons. The van der Waals surface area contributed by atoms with E-state index >= 15 is 0 Å². The lowest BCUT2D eigenvalue weighted by Crippen LogP contribution is -2.45. The second-order valence-electron chi connectivity index (χ2n) is 11.5. The summed E-state index contributed by atoms with van der Waals surface area (Å²) in [5.74, 6) is 0.577. The zero-order valence-corrected chi connectivity index (χ0v) is 23.7. The Labute approximate surface area is 222 Å². The van der Waals surface area contributed by atoms with Gasteiger partial charge in [-0.15, -0.1) is 0 Å². The largest absolute Gasteiger partial charge is 0.493 e. The number of amides is 2. The standard InChI is InChI=1S/C30H41NO5Si/c1-22(29(32)31-26(21-35-30(31)33)18-23-12-7-5-8-13-23)28(36-37(2,3)4)25-16-11-17-27(19-25)34-20-24-14-9-6-10-15-24/h5,7-8,11-13,16-17,19,22,24,26,28H,6,9-10,14-15,18,20-21H2,1-4H3/t22-,26-,28+/m0/s1. The SMILES string of the molecule is C[C@H](C(=O)N1C(=O)OC[C@@H]1Cc1ccccc1)[C@@H](O[Si](C)(C)C)c1cccc(OCC2CCCCC2)c1. The molecule has 0 bridgehead atoms. The van der Waals surface area contributed by atoms with Crippen LogP contribution in [-0.4, -0.2) is 44.5 Å². The lowest BCUT2D eigenvalue weighted by atomic mass is 9.90. The van der Waals surface area contributed by atoms with Gasteiger partial charge in [-0.25, -0.2) is 9.69 Å². The molecule has 1 aliphatic carbocycles. The van der Waals surface area contributed by atoms with Gasteiger partial charge in [-0.3, -0.25) is 4.79 Å². The lowest BCUT2D eigenvalue weighted by Gasteiger charge is -2.33. The number of ether oxygens (including phenoxy) is 2. The first-order valence-electron chi connectivity index (χ1n) is 13.7. The maximum Gasteiger partial charge on any atom is 0.416 e. The molecular weight excluding hydrogens is 482 g/mol. The second kappa shape index (κ2) is 12.3. The molecule has 4 rings (SSSR count). The monoisotopic (exact) mass is 523 g/mol. The van der Waals surface area contributed by atoms with Crippen LogP contribution in [0.25, 0.3) is 0 Å². The van der Waals surface area contributed by atoms with Crippen LogP contribution in [0.4, 0.5) is 4.79 Å². The Hall–Kier alpha value is -2.64. The van der Waals surface area contributed by atoms with Gasteiger partial charge in [-0.2, -0.15) is 0 Å². The van der Waals surface area contributed by atoms with E-state index in [0.717, 1.165) is 23.5 Å². The highest BCUT2D eigenvalue weighted by Crippen LogP contribution is 2.34. The number of carbonyl (C=O) groups is 2. The normalized spacial score (nSPS) is 20.4. The van der Waals surface area contributed by atoms with Crippen molar-refractivity contribution < 1.29 is 23.5 Å². The minimum Gasteiger partial charge on any atom is -0.493 e. The third-order valence-electron chi connectivity index (χ3n) is 7.23. The van der Waals surface area contributed by atoms with Crippen LogP contribution in [0.15, 0.2) is 54.6 Å². The van der Waals surface area contributed by atoms with E-state index in [0.29, 0.717) is 12.3 Å². The fraction of sp³-hybridized carbons (Fsp3) is 0.533. The van der Waals surface area contributed by atoms with Crippen molar-refractivity contribution >= 4 is 20.3 Å². The van der Waals surface area contributed by atoms with Crippen molar-refractivity contribution in [3.8, 4) is 5.75 Å². The van der Waals surface area contributed by atoms with Gasteiger partial charge in [0.25, 0.3) is 0 Å². The molecule has 2 fully saturated rings. The van der Waals surface area contributed by atoms with Gasteiger partial charge in [0, 0.05) is 0 Å². The molecule has 0 radical (unpaired) electrons. The van der Waals surface area contributed by atoms with Gasteiger partial charge in [0.05, 0.1) is 24.7 Å². The minimum absolute atomic E-state index is 0.205. The van der Waals surface area contributed by atoms with Crippen LogP contribution in [0.3, 0.4) is 0 Å². The predicted octanol–water partition coefficient (Wildman–Crippen LogP) is 6.76. The number of nitrogens with zero attached hydrogens (tertiary/aromatic N) is 1. The minimum atomic E-state index is -2.04. The summed E-state index contributed by atoms with van der Waals surface area (Å²) in [5.41, 5.74) is 1.96. The molecule has 3 atom stereocenters. The summed E-state index contributed by atoms with van der Waals surface area (Å²) in [6, 6.07) is 17.5. The van der Waals surface area contributed by atoms with Crippen LogP contribution in [0, 0.1) is 11.8 Å². The summed E-state index contributed by atoms with van der Waals surface area (Å²) >= 11 is 0. The first kappa shape index (κ1) is 27.4. The highest BCUT2D eigenvalue weighted by molar-refractivity contribution is 6.69. The molecule has 0 aromatic heterocycles. The summed E-state index contributed by atoms with van der Waals surface area (Å²) < 4.78 is 18.1. The van der Waals surface area contributed by atoms with E-state index in [2.05, 4.69) is 19.6 Å². The van der Waals surface area contributed by atoms with Crippen molar-refractivity contribution in [1.29, 1.82) is 0 Å². The average Bonchev–Trinajstić information content (AvgIpc) is 3.25. The first-order chi connectivity index (χ1) is 17.7. The topological polar surface area (TPSA) is 65.1 Å². The van der Waals surface area contributed by atoms with Gasteiger partial charge < -0.3 is 13.9 Å². The van der Waals surface area contributed by atoms with Gasteiger partial charge in [-0.05, 0) is 68.1 Å². The molecular formula is C30H41NO5Si. The first-order valence-corrected chi connectivity index (χ1v) is 17.1. The van der Waals surface area contributed by atoms with Crippen molar-refractivity contribution in [3.05, 3.63) is 65.7 Å². The Bertz CT molecular complexity index is 1050. The molecule has 2 aromatic rings. The molecule has 0 unspecified atom stereocenters. The molecule has 1 aliphatic heterocycles. The van der Waals surface area contributed by atoms with Crippen LogP contribution in [0.1, 0.15) is 56.3 Å². The van der Waals surface area contributed by atoms with Crippen molar-refractivity contribution in [2.75, 3.05) is 13.2 Å². The smallest absolute Gasteiger partial charge is 0.416 e. The number of rotatable bonds is 10. The highest BCUT2D eigenvalue weighted by atomic mass is 28.4. The van der Waals surface area contributed by atoms with Crippen molar-refractivity contribution in [3.63, 3.8) is 0 Å². The van der Waals surface area contributed by atoms with Crippen molar-refractivity contribution in [1.82, 2.24) is 4.90 Å². The Kier molecular flexibility index (Phi) is 9.08. The van der Waals surface area contributed by atoms with Crippen molar-refractivity contribution in [2.24, 2.45) is 11.8 Å². The molecule has 2 amide bonds. The van der Waals surface area contributed by atoms with Gasteiger partial charge in [0.15, 0.2) is 8.32 Å². The van der Waals surface area contributed by atoms with Gasteiger partial charge in [-0.1, -0.05) is 68.7 Å². The molecule has 2 aromatic carbocycles. The quantitative estimate of drug-likeness (QED) is 0.322. The molecule has 1 saturated heterocycles. The van der Waals surface area contributed by atoms with Crippen LogP contribution >= 0.6 is 0 Å². The number of hydrogen-bond donors (Lipinski definition) is 0. The van der Waals surface area contributed by atoms with Crippen LogP contribution < -0.4 is 4.74 Å². The van der Waals surface area contributed by atoms with E-state index in [1.54, 1.807) is 0 Å². The van der Waals surface area contributed by atoms with E-state index in [1.807, 2.05) is 61.5 Å². The molecule has 1 saturated carbocycles. The molecule has 37 heavy (non-hydrogen) atoms. The van der Waals surface area contributed by atoms with E-state index in [-0.39, 0.29) is 18.6 Å². The van der Waals surface area contributed by atoms with E-state index < -0.39 is 26.4 Å². The maximum atomic E-state index is 13.8. The van der Waals surface area contributed by atoms with Gasteiger partial charge >= 0.3 is 6.09 Å². The molecule has 0 N–H and O–H groups in total.